The summed E-state index contributed by atoms with van der Waals surface area (Å²) in [6.07, 6.45) is 15.0. The number of halogens is 1. The maximum atomic E-state index is 14.0. The average molecular weight is 1450 g/mol. The van der Waals surface area contributed by atoms with E-state index in [1.807, 2.05) is 0 Å². The number of aryl methyl sites for hydroxylation is 5. The molecule has 0 atom stereocenters. The Hall–Kier alpha value is -3.74. The number of hydrogen-bond donors (Lipinski definition) is 3. The number of sulfonamides is 2. The fourth-order valence-corrected chi connectivity index (χ4v) is 22.8. The lowest BCUT2D eigenvalue weighted by molar-refractivity contribution is -0.138. The van der Waals surface area contributed by atoms with Gasteiger partial charge in [0.15, 0.2) is 0 Å². The van der Waals surface area contributed by atoms with Crippen molar-refractivity contribution >= 4 is 137 Å². The third-order valence-electron chi connectivity index (χ3n) is 23.1. The Kier molecular flexibility index (Phi) is 24.6. The van der Waals surface area contributed by atoms with Gasteiger partial charge in [0.1, 0.15) is 9.66 Å². The van der Waals surface area contributed by atoms with Crippen LogP contribution in [0.15, 0.2) is 48.5 Å². The summed E-state index contributed by atoms with van der Waals surface area (Å²) in [5, 5.41) is 5.73. The number of rotatable bonds is 19. The smallest absolute Gasteiger partial charge is 0.233 e. The van der Waals surface area contributed by atoms with Gasteiger partial charge in [0.25, 0.3) is 0 Å². The zero-order chi connectivity index (χ0) is 71.9. The lowest BCUT2D eigenvalue weighted by Crippen LogP contribution is -2.52. The molecule has 0 aliphatic carbocycles. The molecule has 6 aromatic rings. The minimum Gasteiger partial charge on any atom is -0.377 e. The Balaban J connectivity index is 0.000000159. The largest absolute Gasteiger partial charge is 0.377 e. The van der Waals surface area contributed by atoms with Gasteiger partial charge in [-0.25, -0.2) is 16.8 Å². The van der Waals surface area contributed by atoms with Gasteiger partial charge in [-0.3, -0.25) is 9.59 Å². The second-order valence-electron chi connectivity index (χ2n) is 30.9. The van der Waals surface area contributed by atoms with Crippen molar-refractivity contribution in [3.63, 3.8) is 0 Å². The van der Waals surface area contributed by atoms with Crippen molar-refractivity contribution in [1.82, 2.24) is 38.6 Å². The Labute approximate surface area is 616 Å². The summed E-state index contributed by atoms with van der Waals surface area (Å²) in [4.78, 5) is 46.6. The Bertz CT molecular complexity index is 4030. The summed E-state index contributed by atoms with van der Waals surface area (Å²) in [7, 11) is 18.9. The van der Waals surface area contributed by atoms with E-state index in [0.717, 1.165) is 123 Å². The van der Waals surface area contributed by atoms with E-state index in [1.165, 1.54) is 99.4 Å². The van der Waals surface area contributed by atoms with Crippen LogP contribution in [0.5, 0.6) is 0 Å². The third kappa shape index (κ3) is 16.6. The molecule has 8 aliphatic heterocycles. The lowest BCUT2D eigenvalue weighted by Gasteiger charge is -2.42. The maximum absolute atomic E-state index is 14.0. The number of carbonyl (C=O) groups excluding carboxylic acids is 2. The molecule has 12 heterocycles. The van der Waals surface area contributed by atoms with Crippen molar-refractivity contribution in [3.8, 4) is 22.5 Å². The number of nitrogens with one attached hydrogen (secondary N) is 3. The highest BCUT2D eigenvalue weighted by atomic mass is 35.5. The number of methoxy groups -OCH3 is 2. The number of hydrogen-bond acceptors (Lipinski definition) is 12. The molecule has 3 N–H and O–H groups in total. The number of thiophene rings is 2. The topological polar surface area (TPSA) is 181 Å². The van der Waals surface area contributed by atoms with Crippen molar-refractivity contribution in [2.45, 2.75) is 204 Å². The van der Waals surface area contributed by atoms with Crippen molar-refractivity contribution in [2.75, 3.05) is 90.5 Å². The normalized spacial score (nSPS) is 23.1. The van der Waals surface area contributed by atoms with Crippen molar-refractivity contribution in [2.24, 2.45) is 0 Å². The molecule has 16 nitrogen and oxygen atoms in total. The fourth-order valence-electron chi connectivity index (χ4n) is 17.1. The number of carbonyl (C=O) groups is 2. The molecule has 0 spiro atoms. The van der Waals surface area contributed by atoms with Crippen LogP contribution in [0.4, 0.5) is 0 Å². The zero-order valence-corrected chi connectivity index (χ0v) is 64.8. The van der Waals surface area contributed by atoms with Crippen molar-refractivity contribution in [1.29, 1.82) is 0 Å². The molecule has 4 bridgehead atoms. The molecule has 0 unspecified atom stereocenters. The standard InChI is InChI=1S/C36H50N4O4S2.C26H31ClN2OS.C10H20N2O3S.B7/c1-24-19-25(2)21-26(20-24)32-29(11-15-38-16-12-36(44-5,13-17-38)23-39-14-6-18-46(39,42)43)30-22-31(45-33(30)37-32)35(3,4)34(41)40-27-7-8-28(40)10-9-27;1-15-11-16(2)13-17(12-15)23-20(9-10-27)21-14-22(31-24(21)28-23)26(3,4)25(30)29-18-5-6-19(29)8-7-18;1-15-10(3-5-11-6-4-10)9-12-7-2-8-16(12,13)14;1-5-7(4)6(2)3/h19-22,27-28,37H,6-18,23H2,1-5H3;11-14,18-19,28H,5-10H2,1-4H3;11H,2-9H2,1H3;. The Morgan fingerprint density at radius 1 is 0.600 bits per heavy atom. The van der Waals surface area contributed by atoms with Gasteiger partial charge >= 0.3 is 0 Å². The van der Waals surface area contributed by atoms with E-state index in [0.29, 0.717) is 74.3 Å². The van der Waals surface area contributed by atoms with E-state index in [9.17, 15) is 26.4 Å². The van der Waals surface area contributed by atoms with E-state index < -0.39 is 42.9 Å². The van der Waals surface area contributed by atoms with Crippen LogP contribution >= 0.6 is 34.3 Å². The van der Waals surface area contributed by atoms with Gasteiger partial charge in [-0.05, 0) is 230 Å². The quantitative estimate of drug-likeness (QED) is 0.0522. The van der Waals surface area contributed by atoms with Gasteiger partial charge < -0.3 is 39.5 Å². The second-order valence-corrected chi connectivity index (χ2v) is 37.6. The van der Waals surface area contributed by atoms with E-state index in [1.54, 1.807) is 45.5 Å². The number of ether oxygens (including phenoxy) is 2. The minimum absolute atomic E-state index is 0.252. The van der Waals surface area contributed by atoms with Gasteiger partial charge in [-0.1, -0.05) is 34.4 Å². The van der Waals surface area contributed by atoms with E-state index in [4.69, 9.17) is 52.0 Å². The van der Waals surface area contributed by atoms with Gasteiger partial charge in [0.2, 0.25) is 31.9 Å². The first kappa shape index (κ1) is 77.4. The summed E-state index contributed by atoms with van der Waals surface area (Å²) in [5.41, 5.74) is 10.6. The first-order chi connectivity index (χ1) is 47.4. The number of aromatic nitrogens is 2. The predicted octanol–water partition coefficient (Wildman–Crippen LogP) is 9.85. The van der Waals surface area contributed by atoms with Crippen LogP contribution in [-0.2, 0) is 62.8 Å². The molecule has 100 heavy (non-hydrogen) atoms. The minimum atomic E-state index is -3.15. The Morgan fingerprint density at radius 3 is 1.31 bits per heavy atom. The number of piperidine rings is 2. The molecule has 8 aliphatic rings. The summed E-state index contributed by atoms with van der Waals surface area (Å²) in [5.74, 6) is 1.71. The molecule has 529 valence electrons. The van der Waals surface area contributed by atoms with Gasteiger partial charge in [0, 0.05) is 161 Å². The fraction of sp³-hybridized carbons (Fsp3) is 0.639. The average Bonchev–Trinajstić information content (AvgIpc) is 1.60. The number of H-pyrrole nitrogens is 2. The van der Waals surface area contributed by atoms with E-state index in [-0.39, 0.29) is 23.6 Å². The van der Waals surface area contributed by atoms with Crippen LogP contribution < -0.4 is 5.32 Å². The number of amides is 2. The van der Waals surface area contributed by atoms with Gasteiger partial charge in [0.05, 0.1) is 44.9 Å². The van der Waals surface area contributed by atoms with Gasteiger partial charge in [-0.15, -0.1) is 34.3 Å². The molecular weight excluding hydrogens is 1340 g/mol. The molecule has 8 saturated heterocycles. The van der Waals surface area contributed by atoms with Crippen molar-refractivity contribution < 1.29 is 35.9 Å². The number of likely N-dealkylation sites (tertiary alicyclic amines) is 1. The van der Waals surface area contributed by atoms with Gasteiger partial charge in [-0.2, -0.15) is 8.61 Å². The number of nitrogens with zero attached hydrogens (tertiary/aromatic N) is 5. The monoisotopic (exact) mass is 1450 g/mol. The van der Waals surface area contributed by atoms with Crippen LogP contribution in [0.2, 0.25) is 0 Å². The highest BCUT2D eigenvalue weighted by molar-refractivity contribution is 7.89. The summed E-state index contributed by atoms with van der Waals surface area (Å²) < 4.78 is 63.4. The highest BCUT2D eigenvalue weighted by Gasteiger charge is 2.50. The summed E-state index contributed by atoms with van der Waals surface area (Å²) in [6.45, 7) is 23.7. The number of fused-ring (bicyclic) bond motifs is 6. The molecule has 8 fully saturated rings. The molecule has 14 rings (SSSR count). The van der Waals surface area contributed by atoms with E-state index >= 15 is 0 Å². The predicted molar refractivity (Wildman–Crippen MR) is 420 cm³/mol. The SMILES string of the molecule is COC1(CN2CCCS2(=O)=O)CCN(CCc2c(-c3cc(C)cc(C)c3)[nH]c3sc(C(C)(C)C(=O)N4C5CCC4CC5)cc23)CC1.COC1(CN2CCCS2(=O)=O)CCNCC1.Cc1cc(C)cc(-c2[nH]c3sc(C(C)(C)C(=O)N4C5CCC4CC5)cc3c2CCCl)c1.[B][B]B([B])B([B])[B]. The van der Waals surface area contributed by atoms with Crippen LogP contribution in [0.3, 0.4) is 0 Å². The molecule has 9 radical (unpaired) electrons. The molecular formula is C72H101B7ClN8O8S4. The van der Waals surface area contributed by atoms with Crippen LogP contribution in [0.1, 0.15) is 161 Å². The summed E-state index contributed by atoms with van der Waals surface area (Å²) in [6, 6.07) is 19.8. The Morgan fingerprint density at radius 2 is 0.980 bits per heavy atom. The third-order valence-corrected chi connectivity index (χ3v) is 29.8. The molecule has 2 aromatic carbocycles. The zero-order valence-electron chi connectivity index (χ0n) is 60.8. The highest BCUT2D eigenvalue weighted by Crippen LogP contribution is 2.48. The van der Waals surface area contributed by atoms with Crippen LogP contribution in [0.25, 0.3) is 42.9 Å². The molecule has 2 amide bonds. The number of alkyl halides is 1. The number of aromatic amines is 2. The summed E-state index contributed by atoms with van der Waals surface area (Å²) >= 11 is 9.69. The molecule has 4 aromatic heterocycles. The van der Waals surface area contributed by atoms with Crippen LogP contribution in [-0.4, -0.2) is 239 Å². The van der Waals surface area contributed by atoms with E-state index in [2.05, 4.69) is 134 Å². The lowest BCUT2D eigenvalue weighted by atomic mass is 8.76. The first-order valence-corrected chi connectivity index (χ1v) is 41.8. The molecule has 28 heteroatoms. The maximum Gasteiger partial charge on any atom is 0.233 e. The first-order valence-electron chi connectivity index (χ1n) is 36.4. The van der Waals surface area contributed by atoms with Crippen LogP contribution in [0, 0.1) is 27.7 Å². The second kappa shape index (κ2) is 31.8. The molecule has 0 saturated carbocycles. The number of benzene rings is 2. The van der Waals surface area contributed by atoms with Crippen molar-refractivity contribution in [3.05, 3.63) is 91.7 Å².